The summed E-state index contributed by atoms with van der Waals surface area (Å²) in [5.41, 5.74) is 0. The average molecular weight is 273 g/mol. The standard InChI is InChI=1S/CBrClFI/c2-1(3,4)5. The third kappa shape index (κ3) is 31.2. The summed E-state index contributed by atoms with van der Waals surface area (Å²) in [5.74, 6) is 0. The molecule has 0 fully saturated rings. The summed E-state index contributed by atoms with van der Waals surface area (Å²) in [4.78, 5) is 0. The summed E-state index contributed by atoms with van der Waals surface area (Å²) in [6.45, 7) is 0. The topological polar surface area (TPSA) is 0 Å². The maximum Gasteiger partial charge on any atom is 0.287 e. The van der Waals surface area contributed by atoms with Gasteiger partial charge in [0, 0.05) is 0 Å². The van der Waals surface area contributed by atoms with Gasteiger partial charge in [-0.2, -0.15) is 0 Å². The molecule has 0 nitrogen and oxygen atoms in total. The maximum absolute atomic E-state index is 11.4. The highest BCUT2D eigenvalue weighted by Crippen LogP contribution is 2.32. The molecule has 1 atom stereocenters. The number of hydrogen-bond donors (Lipinski definition) is 0. The molecule has 0 bridgehead atoms. The molecule has 0 N–H and O–H groups in total. The smallest absolute Gasteiger partial charge is 0.202 e. The van der Waals surface area contributed by atoms with Crippen molar-refractivity contribution < 1.29 is 4.39 Å². The molecule has 0 saturated carbocycles. The third-order valence-corrected chi connectivity index (χ3v) is 0. The van der Waals surface area contributed by atoms with Gasteiger partial charge in [-0.25, -0.2) is 4.39 Å². The monoisotopic (exact) mass is 272 g/mol. The summed E-state index contributed by atoms with van der Waals surface area (Å²) in [7, 11) is 0. The lowest BCUT2D eigenvalue weighted by molar-refractivity contribution is 0.552. The summed E-state index contributed by atoms with van der Waals surface area (Å²) < 4.78 is 9.61. The fourth-order valence-corrected chi connectivity index (χ4v) is 0. The number of alkyl halides is 4. The Bertz CT molecular complexity index is 27.1. The van der Waals surface area contributed by atoms with Gasteiger partial charge >= 0.3 is 0 Å². The Kier molecular flexibility index (Phi) is 2.48. The zero-order chi connectivity index (χ0) is 4.50. The summed E-state index contributed by atoms with van der Waals surface area (Å²) >= 11 is 8.62. The lowest BCUT2D eigenvalue weighted by atomic mass is 11.8. The van der Waals surface area contributed by atoms with E-state index in [0.717, 1.165) is 0 Å². The Morgan fingerprint density at radius 1 is 2.00 bits per heavy atom. The van der Waals surface area contributed by atoms with Gasteiger partial charge in [0.05, 0.1) is 0 Å². The van der Waals surface area contributed by atoms with Crippen molar-refractivity contribution >= 4 is 50.1 Å². The highest BCUT2D eigenvalue weighted by atomic mass is 127. The van der Waals surface area contributed by atoms with E-state index in [1.807, 2.05) is 0 Å². The molecule has 0 aromatic rings. The molecule has 32 valence electrons. The van der Waals surface area contributed by atoms with Crippen LogP contribution >= 0.6 is 50.1 Å². The first kappa shape index (κ1) is 6.43. The van der Waals surface area contributed by atoms with E-state index in [0.29, 0.717) is 0 Å². The quantitative estimate of drug-likeness (QED) is 0.470. The predicted octanol–water partition coefficient (Wildman–Crippen LogP) is 2.64. The van der Waals surface area contributed by atoms with E-state index >= 15 is 0 Å². The van der Waals surface area contributed by atoms with Gasteiger partial charge in [0.2, 0.25) is 0 Å². The van der Waals surface area contributed by atoms with E-state index in [1.165, 1.54) is 22.6 Å². The van der Waals surface area contributed by atoms with Crippen molar-refractivity contribution in [2.24, 2.45) is 0 Å². The first-order valence-corrected chi connectivity index (χ1v) is 3.01. The molecule has 0 heterocycles. The van der Waals surface area contributed by atoms with Gasteiger partial charge in [-0.3, -0.25) is 0 Å². The second-order valence-electron chi connectivity index (χ2n) is 0.429. The molecular weight excluding hydrogens is 273 g/mol. The highest BCUT2D eigenvalue weighted by molar-refractivity contribution is 14.1. The van der Waals surface area contributed by atoms with Crippen LogP contribution in [0.3, 0.4) is 0 Å². The summed E-state index contributed by atoms with van der Waals surface area (Å²) in [6.07, 6.45) is 0. The van der Waals surface area contributed by atoms with Crippen molar-refractivity contribution in [1.29, 1.82) is 0 Å². The minimum absolute atomic E-state index is 1.39. The van der Waals surface area contributed by atoms with Gasteiger partial charge in [0.25, 0.3) is 2.04 Å². The van der Waals surface area contributed by atoms with E-state index in [-0.39, 0.29) is 0 Å². The van der Waals surface area contributed by atoms with Crippen LogP contribution in [0.2, 0.25) is 0 Å². The number of rotatable bonds is 0. The SMILES string of the molecule is FC(Cl)(Br)I. The van der Waals surface area contributed by atoms with Gasteiger partial charge in [0.15, 0.2) is 0 Å². The van der Waals surface area contributed by atoms with Gasteiger partial charge in [0.1, 0.15) is 0 Å². The minimum atomic E-state index is -1.75. The predicted molar refractivity (Wildman–Crippen MR) is 32.6 cm³/mol. The van der Waals surface area contributed by atoms with E-state index < -0.39 is 2.04 Å². The zero-order valence-corrected chi connectivity index (χ0v) is 6.51. The molecule has 0 aliphatic rings. The molecule has 0 spiro atoms. The molecule has 0 aromatic heterocycles. The zero-order valence-electron chi connectivity index (χ0n) is 2.01. The third-order valence-electron chi connectivity index (χ3n) is 0. The summed E-state index contributed by atoms with van der Waals surface area (Å²) in [5, 5.41) is 0. The second-order valence-corrected chi connectivity index (χ2v) is 6.11. The van der Waals surface area contributed by atoms with Crippen molar-refractivity contribution in [3.63, 3.8) is 0 Å². The molecule has 0 aromatic carbocycles. The first-order valence-electron chi connectivity index (χ1n) is 0.756. The molecule has 0 amide bonds. The van der Waals surface area contributed by atoms with Crippen LogP contribution in [0.5, 0.6) is 0 Å². The molecule has 0 saturated heterocycles. The first-order chi connectivity index (χ1) is 2.00. The Balaban J connectivity index is 3.02. The number of hydrogen-bond acceptors (Lipinski definition) is 0. The maximum atomic E-state index is 11.4. The molecular formula is CBrClFI. The highest BCUT2D eigenvalue weighted by Gasteiger charge is 2.12. The van der Waals surface area contributed by atoms with E-state index in [4.69, 9.17) is 11.6 Å². The fourth-order valence-electron chi connectivity index (χ4n) is 0. The van der Waals surface area contributed by atoms with Crippen molar-refractivity contribution in [3.05, 3.63) is 0 Å². The largest absolute Gasteiger partial charge is 0.287 e. The van der Waals surface area contributed by atoms with E-state index in [1.54, 1.807) is 0 Å². The molecule has 1 unspecified atom stereocenters. The normalized spacial score (nSPS) is 21.6. The van der Waals surface area contributed by atoms with Crippen molar-refractivity contribution in [3.8, 4) is 0 Å². The van der Waals surface area contributed by atoms with Crippen LogP contribution in [0, 0.1) is 0 Å². The number of halogens is 4. The molecule has 0 aliphatic carbocycles. The van der Waals surface area contributed by atoms with Crippen molar-refractivity contribution in [2.45, 2.75) is 2.04 Å². The molecule has 0 rings (SSSR count). The van der Waals surface area contributed by atoms with Crippen LogP contribution in [0.4, 0.5) is 4.39 Å². The Morgan fingerprint density at radius 2 is 2.00 bits per heavy atom. The van der Waals surface area contributed by atoms with Crippen LogP contribution in [-0.2, 0) is 0 Å². The van der Waals surface area contributed by atoms with Crippen LogP contribution in [0.25, 0.3) is 0 Å². The average Bonchev–Trinajstić information content (AvgIpc) is 0.722. The Labute approximate surface area is 56.3 Å². The molecule has 4 heteroatoms. The van der Waals surface area contributed by atoms with Gasteiger partial charge in [-0.05, 0) is 38.5 Å². The van der Waals surface area contributed by atoms with E-state index in [9.17, 15) is 4.39 Å². The summed E-state index contributed by atoms with van der Waals surface area (Å²) in [6, 6.07) is 0. The molecule has 0 radical (unpaired) electrons. The Hall–Kier alpha value is 1.43. The minimum Gasteiger partial charge on any atom is -0.202 e. The Morgan fingerprint density at radius 3 is 2.00 bits per heavy atom. The van der Waals surface area contributed by atoms with Crippen LogP contribution in [-0.4, -0.2) is 2.04 Å². The fraction of sp³-hybridized carbons (Fsp3) is 1.00. The van der Waals surface area contributed by atoms with Crippen LogP contribution < -0.4 is 0 Å². The lowest BCUT2D eigenvalue weighted by Gasteiger charge is -1.90. The van der Waals surface area contributed by atoms with Crippen LogP contribution in [0.1, 0.15) is 0 Å². The van der Waals surface area contributed by atoms with Gasteiger partial charge in [-0.15, -0.1) is 0 Å². The second kappa shape index (κ2) is 1.93. The lowest BCUT2D eigenvalue weighted by Crippen LogP contribution is -1.80. The van der Waals surface area contributed by atoms with Crippen molar-refractivity contribution in [2.75, 3.05) is 0 Å². The molecule has 5 heavy (non-hydrogen) atoms. The molecule has 0 aliphatic heterocycles. The van der Waals surface area contributed by atoms with Gasteiger partial charge < -0.3 is 0 Å². The van der Waals surface area contributed by atoms with Gasteiger partial charge in [-0.1, -0.05) is 11.6 Å². The van der Waals surface area contributed by atoms with E-state index in [2.05, 4.69) is 15.9 Å². The van der Waals surface area contributed by atoms with Crippen LogP contribution in [0.15, 0.2) is 0 Å². The van der Waals surface area contributed by atoms with Crippen molar-refractivity contribution in [1.82, 2.24) is 0 Å².